The fourth-order valence-corrected chi connectivity index (χ4v) is 7.15. The first kappa shape index (κ1) is 98.2. The Morgan fingerprint density at radius 3 is 0.821 bits per heavy atom. The number of hydrogen-bond donors (Lipinski definition) is 0. The summed E-state index contributed by atoms with van der Waals surface area (Å²) in [5, 5.41) is 0. The van der Waals surface area contributed by atoms with Crippen molar-refractivity contribution in [3.63, 3.8) is 0 Å². The molecule has 0 aromatic rings. The SMILES string of the molecule is C=CC(=O)N(CCC)CCOC(=O)C(C)(C)C.C=CC(=O)N(CCC)CCOC(=O)C(C)C.C=CC(=O)N(CCC)CCOC(=O)CC.C=CC(=O)N(CCC)CCOC(=O)CC(C)C.C=CC(=O)N(CCC)CCOC(=O)CCC.C=CC(=O)N(CCC)CCOC(C)=O. The molecule has 546 valence electrons. The zero-order valence-electron chi connectivity index (χ0n) is 61.2. The van der Waals surface area contributed by atoms with Gasteiger partial charge in [-0.05, 0) is 108 Å². The summed E-state index contributed by atoms with van der Waals surface area (Å²) < 4.78 is 29.8. The van der Waals surface area contributed by atoms with Crippen LogP contribution in [0.4, 0.5) is 0 Å². The quantitative estimate of drug-likeness (QED) is 0.0312. The van der Waals surface area contributed by atoms with E-state index in [1.165, 1.54) is 43.4 Å². The van der Waals surface area contributed by atoms with Crippen molar-refractivity contribution in [1.29, 1.82) is 0 Å². The molecule has 95 heavy (non-hydrogen) atoms. The summed E-state index contributed by atoms with van der Waals surface area (Å²) in [5.41, 5.74) is -0.502. The molecule has 6 amide bonds. The maximum absolute atomic E-state index is 11.5. The highest BCUT2D eigenvalue weighted by Gasteiger charge is 2.23. The van der Waals surface area contributed by atoms with Gasteiger partial charge in [-0.2, -0.15) is 0 Å². The molecule has 0 aromatic heterocycles. The highest BCUT2D eigenvalue weighted by molar-refractivity contribution is 5.89. The maximum Gasteiger partial charge on any atom is 0.311 e. The van der Waals surface area contributed by atoms with Gasteiger partial charge in [0.25, 0.3) is 0 Å². The van der Waals surface area contributed by atoms with E-state index >= 15 is 0 Å². The van der Waals surface area contributed by atoms with Crippen LogP contribution in [0.3, 0.4) is 0 Å². The molecule has 0 spiro atoms. The number of hydrogen-bond acceptors (Lipinski definition) is 18. The lowest BCUT2D eigenvalue weighted by Gasteiger charge is -2.22. The Bertz CT molecular complexity index is 2260. The molecule has 0 saturated heterocycles. The Morgan fingerprint density at radius 1 is 0.347 bits per heavy atom. The Morgan fingerprint density at radius 2 is 0.600 bits per heavy atom. The van der Waals surface area contributed by atoms with Crippen molar-refractivity contribution in [3.8, 4) is 0 Å². The Labute approximate surface area is 570 Å². The molecule has 0 atom stereocenters. The third-order valence-corrected chi connectivity index (χ3v) is 12.0. The van der Waals surface area contributed by atoms with Gasteiger partial charge in [-0.3, -0.25) is 57.5 Å². The van der Waals surface area contributed by atoms with E-state index in [4.69, 9.17) is 28.4 Å². The Kier molecular flexibility index (Phi) is 66.9. The number of esters is 6. The molecular formula is C71H124N6O18. The van der Waals surface area contributed by atoms with Gasteiger partial charge in [-0.1, -0.05) is 123 Å². The van der Waals surface area contributed by atoms with Crippen LogP contribution < -0.4 is 0 Å². The summed E-state index contributed by atoms with van der Waals surface area (Å²) in [6.07, 6.45) is 14.9. The van der Waals surface area contributed by atoms with Gasteiger partial charge in [0.2, 0.25) is 35.4 Å². The van der Waals surface area contributed by atoms with E-state index in [-0.39, 0.29) is 117 Å². The Balaban J connectivity index is -0.000000250. The van der Waals surface area contributed by atoms with Gasteiger partial charge in [0.1, 0.15) is 39.6 Å². The highest BCUT2D eigenvalue weighted by Crippen LogP contribution is 2.15. The third kappa shape index (κ3) is 59.6. The summed E-state index contributed by atoms with van der Waals surface area (Å²) in [4.78, 5) is 144. The maximum atomic E-state index is 11.5. The van der Waals surface area contributed by atoms with Crippen molar-refractivity contribution in [3.05, 3.63) is 75.9 Å². The molecule has 0 rings (SSSR count). The number of ether oxygens (including phenoxy) is 6. The monoisotopic (exact) mass is 1350 g/mol. The minimum atomic E-state index is -0.502. The van der Waals surface area contributed by atoms with E-state index in [9.17, 15) is 57.5 Å². The summed E-state index contributed by atoms with van der Waals surface area (Å²) >= 11 is 0. The van der Waals surface area contributed by atoms with Crippen molar-refractivity contribution in [2.24, 2.45) is 17.3 Å². The van der Waals surface area contributed by atoms with Gasteiger partial charge in [-0.15, -0.1) is 0 Å². The summed E-state index contributed by atoms with van der Waals surface area (Å²) in [5.74, 6) is -2.02. The second-order valence-electron chi connectivity index (χ2n) is 22.6. The molecule has 0 fully saturated rings. The lowest BCUT2D eigenvalue weighted by atomic mass is 9.97. The normalized spacial score (nSPS) is 9.92. The third-order valence-electron chi connectivity index (χ3n) is 12.0. The second-order valence-corrected chi connectivity index (χ2v) is 22.6. The van der Waals surface area contributed by atoms with Crippen molar-refractivity contribution in [1.82, 2.24) is 29.4 Å². The van der Waals surface area contributed by atoms with Crippen LogP contribution in [0.5, 0.6) is 0 Å². The van der Waals surface area contributed by atoms with Crippen LogP contribution in [0.25, 0.3) is 0 Å². The van der Waals surface area contributed by atoms with Crippen LogP contribution in [0.1, 0.15) is 175 Å². The van der Waals surface area contributed by atoms with Crippen LogP contribution in [0, 0.1) is 17.3 Å². The lowest BCUT2D eigenvalue weighted by molar-refractivity contribution is -0.154. The molecular weight excluding hydrogens is 1220 g/mol. The van der Waals surface area contributed by atoms with Crippen LogP contribution in [-0.2, 0) is 86.0 Å². The Hall–Kier alpha value is -7.92. The molecule has 0 N–H and O–H groups in total. The van der Waals surface area contributed by atoms with E-state index < -0.39 is 5.41 Å². The molecule has 0 aliphatic heterocycles. The fraction of sp³-hybridized carbons (Fsp3) is 0.662. The lowest BCUT2D eigenvalue weighted by Crippen LogP contribution is -2.35. The van der Waals surface area contributed by atoms with Crippen molar-refractivity contribution in [2.45, 2.75) is 175 Å². The second kappa shape index (κ2) is 64.8. The first-order valence-electron chi connectivity index (χ1n) is 33.2. The molecule has 0 unspecified atom stereocenters. The van der Waals surface area contributed by atoms with Crippen molar-refractivity contribution < 1.29 is 86.0 Å². The summed E-state index contributed by atoms with van der Waals surface area (Å²) in [6, 6.07) is 0. The molecule has 0 saturated carbocycles. The minimum Gasteiger partial charge on any atom is -0.464 e. The zero-order chi connectivity index (χ0) is 74.3. The number of rotatable bonds is 42. The largest absolute Gasteiger partial charge is 0.464 e. The van der Waals surface area contributed by atoms with Crippen molar-refractivity contribution >= 4 is 71.3 Å². The number of carbonyl (C=O) groups excluding carboxylic acids is 12. The van der Waals surface area contributed by atoms with Gasteiger partial charge in [-0.25, -0.2) is 0 Å². The number of nitrogens with zero attached hydrogens (tertiary/aromatic N) is 6. The molecule has 0 aliphatic rings. The average molecular weight is 1350 g/mol. The van der Waals surface area contributed by atoms with Crippen molar-refractivity contribution in [2.75, 3.05) is 118 Å². The van der Waals surface area contributed by atoms with E-state index in [2.05, 4.69) is 39.5 Å². The van der Waals surface area contributed by atoms with Gasteiger partial charge in [0.05, 0.1) is 50.6 Å². The molecule has 24 heteroatoms. The molecule has 0 heterocycles. The molecule has 0 aromatic carbocycles. The van der Waals surface area contributed by atoms with E-state index in [0.29, 0.717) is 104 Å². The van der Waals surface area contributed by atoms with Crippen LogP contribution >= 0.6 is 0 Å². The van der Waals surface area contributed by atoms with Gasteiger partial charge < -0.3 is 57.8 Å². The summed E-state index contributed by atoms with van der Waals surface area (Å²) in [7, 11) is 0. The summed E-state index contributed by atoms with van der Waals surface area (Å²) in [6.45, 7) is 58.5. The van der Waals surface area contributed by atoms with Crippen LogP contribution in [0.15, 0.2) is 75.9 Å². The zero-order valence-corrected chi connectivity index (χ0v) is 61.2. The number of carbonyl (C=O) groups is 12. The standard InChI is InChI=1S/2C13H23NO3.2C12H21NO3.C11H19NO3.C10H17NO3/c1-6-8-14(11(15)7-2)9-10-17-12(16)13(3,4)5;1-5-7-14(12(15)6-2)8-9-17-13(16)10-11(3)4;1-5-7-13(11(14)6-2)8-9-16-12(15)10(3)4;1-4-7-12(15)16-10-9-13(8-5-2)11(14)6-3;1-4-7-12(10(13)5-2)8-9-15-11(14)6-3;1-4-6-11(10(13)5-2)7-8-14-9(3)12/h7H,2,6,8-10H2,1,3-5H3;6,11H,2,5,7-10H2,1,3-4H3;6,10H,2,5,7-9H2,1,3-4H3;6H,3-5,7-10H2,1-2H3;5H,2,4,6-9H2,1,3H3;5H,2,4,6-8H2,1,3H3. The number of amides is 6. The molecule has 0 bridgehead atoms. The predicted molar refractivity (Wildman–Crippen MR) is 373 cm³/mol. The van der Waals surface area contributed by atoms with Gasteiger partial charge >= 0.3 is 35.8 Å². The van der Waals surface area contributed by atoms with Gasteiger partial charge in [0.15, 0.2) is 0 Å². The first-order chi connectivity index (χ1) is 44.8. The highest BCUT2D eigenvalue weighted by atomic mass is 16.6. The van der Waals surface area contributed by atoms with Gasteiger partial charge in [0, 0.05) is 65.5 Å². The molecule has 24 nitrogen and oxygen atoms in total. The first-order valence-corrected chi connectivity index (χ1v) is 33.2. The fourth-order valence-electron chi connectivity index (χ4n) is 7.15. The molecule has 0 aliphatic carbocycles. The predicted octanol–water partition coefficient (Wildman–Crippen LogP) is 9.70. The minimum absolute atomic E-state index is 0.117. The van der Waals surface area contributed by atoms with Crippen LogP contribution in [0.2, 0.25) is 0 Å². The van der Waals surface area contributed by atoms with E-state index in [1.807, 2.05) is 62.3 Å². The average Bonchev–Trinajstić information content (AvgIpc) is 3.69. The topological polar surface area (TPSA) is 280 Å². The molecule has 0 radical (unpaired) electrons. The van der Waals surface area contributed by atoms with E-state index in [0.717, 1.165) is 44.9 Å². The van der Waals surface area contributed by atoms with E-state index in [1.54, 1.807) is 70.9 Å². The smallest absolute Gasteiger partial charge is 0.311 e. The van der Waals surface area contributed by atoms with Crippen LogP contribution in [-0.4, -0.2) is 219 Å².